The summed E-state index contributed by atoms with van der Waals surface area (Å²) in [6.07, 6.45) is 0. The number of aliphatic imine (C=N–C) groups is 1. The molecular formula is C7H5Cl2N2S-. The predicted molar refractivity (Wildman–Crippen MR) is 55.1 cm³/mol. The fourth-order valence-electron chi connectivity index (χ4n) is 0.691. The molecule has 0 aliphatic carbocycles. The standard InChI is InChI=1S/C7H6Cl2N2S/c8-4-1-2-6(5(9)3-4)11-7(10)12/h1-3H,(H3,10,11,12)/p-1. The summed E-state index contributed by atoms with van der Waals surface area (Å²) in [5, 5.41) is 1.05. The van der Waals surface area contributed by atoms with Crippen molar-refractivity contribution in [1.29, 1.82) is 0 Å². The van der Waals surface area contributed by atoms with Crippen molar-refractivity contribution < 1.29 is 0 Å². The zero-order chi connectivity index (χ0) is 9.14. The molecule has 0 aliphatic heterocycles. The van der Waals surface area contributed by atoms with Crippen molar-refractivity contribution in [2.75, 3.05) is 0 Å². The van der Waals surface area contributed by atoms with Crippen molar-refractivity contribution in [3.8, 4) is 0 Å². The van der Waals surface area contributed by atoms with Crippen LogP contribution in [-0.2, 0) is 12.6 Å². The molecule has 0 atom stereocenters. The van der Waals surface area contributed by atoms with E-state index >= 15 is 0 Å². The van der Waals surface area contributed by atoms with Gasteiger partial charge in [0.05, 0.1) is 10.7 Å². The maximum absolute atomic E-state index is 5.78. The van der Waals surface area contributed by atoms with E-state index in [2.05, 4.69) is 17.6 Å². The highest BCUT2D eigenvalue weighted by Gasteiger charge is 1.97. The molecule has 5 heteroatoms. The van der Waals surface area contributed by atoms with Crippen LogP contribution >= 0.6 is 23.2 Å². The summed E-state index contributed by atoms with van der Waals surface area (Å²) in [6.45, 7) is 0. The van der Waals surface area contributed by atoms with Crippen LogP contribution < -0.4 is 5.73 Å². The minimum atomic E-state index is 0.0548. The molecule has 12 heavy (non-hydrogen) atoms. The quantitative estimate of drug-likeness (QED) is 0.448. The van der Waals surface area contributed by atoms with E-state index in [9.17, 15) is 0 Å². The minimum absolute atomic E-state index is 0.0548. The second-order valence-electron chi connectivity index (χ2n) is 2.05. The minimum Gasteiger partial charge on any atom is -0.743 e. The van der Waals surface area contributed by atoms with Gasteiger partial charge in [0.2, 0.25) is 0 Å². The number of halogens is 2. The summed E-state index contributed by atoms with van der Waals surface area (Å²) in [6, 6.07) is 4.91. The van der Waals surface area contributed by atoms with Crippen molar-refractivity contribution in [1.82, 2.24) is 0 Å². The summed E-state index contributed by atoms with van der Waals surface area (Å²) in [4.78, 5) is 3.82. The van der Waals surface area contributed by atoms with Crippen LogP contribution in [-0.4, -0.2) is 5.17 Å². The Morgan fingerprint density at radius 1 is 1.42 bits per heavy atom. The number of hydrogen-bond acceptors (Lipinski definition) is 2. The normalized spacial score (nSPS) is 11.7. The van der Waals surface area contributed by atoms with Crippen molar-refractivity contribution in [2.24, 2.45) is 10.7 Å². The molecule has 64 valence electrons. The van der Waals surface area contributed by atoms with Crippen LogP contribution in [0.15, 0.2) is 23.2 Å². The number of benzene rings is 1. The molecule has 2 N–H and O–H groups in total. The molecule has 0 spiro atoms. The summed E-state index contributed by atoms with van der Waals surface area (Å²) < 4.78 is 0. The molecular weight excluding hydrogens is 215 g/mol. The predicted octanol–water partition coefficient (Wildman–Crippen LogP) is 2.49. The Kier molecular flexibility index (Phi) is 3.14. The lowest BCUT2D eigenvalue weighted by Crippen LogP contribution is -2.05. The second kappa shape index (κ2) is 3.94. The van der Waals surface area contributed by atoms with E-state index in [0.717, 1.165) is 0 Å². The fourth-order valence-corrected chi connectivity index (χ4v) is 1.24. The smallest absolute Gasteiger partial charge is 0.0815 e. The van der Waals surface area contributed by atoms with Gasteiger partial charge in [-0.15, -0.1) is 0 Å². The fraction of sp³-hybridized carbons (Fsp3) is 0. The molecule has 0 amide bonds. The average molecular weight is 220 g/mol. The number of amidine groups is 1. The van der Waals surface area contributed by atoms with Crippen molar-refractivity contribution >= 4 is 46.7 Å². The van der Waals surface area contributed by atoms with E-state index in [1.165, 1.54) is 0 Å². The zero-order valence-corrected chi connectivity index (χ0v) is 8.25. The van der Waals surface area contributed by atoms with Gasteiger partial charge in [0.1, 0.15) is 0 Å². The zero-order valence-electron chi connectivity index (χ0n) is 5.92. The van der Waals surface area contributed by atoms with Crippen LogP contribution in [0.4, 0.5) is 5.69 Å². The number of rotatable bonds is 1. The molecule has 0 heterocycles. The number of nitrogens with zero attached hydrogens (tertiary/aromatic N) is 1. The summed E-state index contributed by atoms with van der Waals surface area (Å²) in [7, 11) is 0. The molecule has 0 unspecified atom stereocenters. The van der Waals surface area contributed by atoms with Gasteiger partial charge in [0.25, 0.3) is 0 Å². The average Bonchev–Trinajstić information content (AvgIpc) is 1.94. The monoisotopic (exact) mass is 219 g/mol. The molecule has 1 aromatic rings. The molecule has 0 saturated carbocycles. The maximum atomic E-state index is 5.78. The van der Waals surface area contributed by atoms with Crippen LogP contribution in [0, 0.1) is 0 Å². The maximum Gasteiger partial charge on any atom is 0.0815 e. The summed E-state index contributed by atoms with van der Waals surface area (Å²) in [5.74, 6) is 0. The van der Waals surface area contributed by atoms with Gasteiger partial charge in [0, 0.05) is 5.02 Å². The molecule has 1 aromatic carbocycles. The highest BCUT2D eigenvalue weighted by Crippen LogP contribution is 2.27. The molecule has 0 aromatic heterocycles. The third-order valence-electron chi connectivity index (χ3n) is 1.14. The first-order chi connectivity index (χ1) is 5.59. The number of hydrogen-bond donors (Lipinski definition) is 1. The third kappa shape index (κ3) is 2.52. The van der Waals surface area contributed by atoms with E-state index in [1.807, 2.05) is 0 Å². The van der Waals surface area contributed by atoms with Gasteiger partial charge >= 0.3 is 0 Å². The van der Waals surface area contributed by atoms with Gasteiger partial charge in [-0.3, -0.25) is 4.99 Å². The first-order valence-electron chi connectivity index (χ1n) is 3.06. The second-order valence-corrected chi connectivity index (χ2v) is 3.31. The highest BCUT2D eigenvalue weighted by molar-refractivity contribution is 7.77. The first-order valence-corrected chi connectivity index (χ1v) is 4.22. The Labute approximate surface area is 85.8 Å². The Morgan fingerprint density at radius 2 is 2.08 bits per heavy atom. The van der Waals surface area contributed by atoms with Crippen LogP contribution in [0.2, 0.25) is 10.0 Å². The van der Waals surface area contributed by atoms with Crippen LogP contribution in [0.3, 0.4) is 0 Å². The lowest BCUT2D eigenvalue weighted by Gasteiger charge is -2.04. The Morgan fingerprint density at radius 3 is 2.58 bits per heavy atom. The largest absolute Gasteiger partial charge is 0.743 e. The SMILES string of the molecule is NC([S-])=Nc1ccc(Cl)cc1Cl. The first kappa shape index (κ1) is 9.58. The van der Waals surface area contributed by atoms with Crippen LogP contribution in [0.25, 0.3) is 0 Å². The molecule has 2 nitrogen and oxygen atoms in total. The van der Waals surface area contributed by atoms with E-state index in [4.69, 9.17) is 28.9 Å². The van der Waals surface area contributed by atoms with Crippen molar-refractivity contribution in [3.05, 3.63) is 28.2 Å². The van der Waals surface area contributed by atoms with E-state index in [0.29, 0.717) is 15.7 Å². The van der Waals surface area contributed by atoms with Gasteiger partial charge in [-0.05, 0) is 23.4 Å². The van der Waals surface area contributed by atoms with Gasteiger partial charge in [0.15, 0.2) is 0 Å². The molecule has 0 bridgehead atoms. The Bertz CT molecular complexity index is 321. The topological polar surface area (TPSA) is 38.4 Å². The van der Waals surface area contributed by atoms with E-state index in [1.54, 1.807) is 18.2 Å². The van der Waals surface area contributed by atoms with Crippen molar-refractivity contribution in [2.45, 2.75) is 0 Å². The molecule has 1 rings (SSSR count). The summed E-state index contributed by atoms with van der Waals surface area (Å²) in [5.41, 5.74) is 5.74. The number of nitrogens with two attached hydrogens (primary N) is 1. The Balaban J connectivity index is 3.10. The van der Waals surface area contributed by atoms with Crippen LogP contribution in [0.5, 0.6) is 0 Å². The molecule has 0 fully saturated rings. The molecule has 0 aliphatic rings. The van der Waals surface area contributed by atoms with Gasteiger partial charge in [-0.2, -0.15) is 0 Å². The van der Waals surface area contributed by atoms with Gasteiger partial charge in [-0.1, -0.05) is 23.2 Å². The third-order valence-corrected chi connectivity index (χ3v) is 1.77. The lowest BCUT2D eigenvalue weighted by molar-refractivity contribution is 1.51. The molecule has 0 saturated heterocycles. The summed E-state index contributed by atoms with van der Waals surface area (Å²) >= 11 is 16.0. The molecule has 0 radical (unpaired) electrons. The van der Waals surface area contributed by atoms with Crippen molar-refractivity contribution in [3.63, 3.8) is 0 Å². The highest BCUT2D eigenvalue weighted by atomic mass is 35.5. The van der Waals surface area contributed by atoms with E-state index in [-0.39, 0.29) is 5.17 Å². The van der Waals surface area contributed by atoms with Gasteiger partial charge in [-0.25, -0.2) is 0 Å². The lowest BCUT2D eigenvalue weighted by atomic mass is 10.3. The van der Waals surface area contributed by atoms with Gasteiger partial charge < -0.3 is 18.4 Å². The van der Waals surface area contributed by atoms with E-state index < -0.39 is 0 Å². The van der Waals surface area contributed by atoms with Crippen LogP contribution in [0.1, 0.15) is 0 Å². The Hall–Kier alpha value is -0.510.